The predicted octanol–water partition coefficient (Wildman–Crippen LogP) is 2.52. The highest BCUT2D eigenvalue weighted by Crippen LogP contribution is 2.31. The Morgan fingerprint density at radius 3 is 2.81 bits per heavy atom. The van der Waals surface area contributed by atoms with Gasteiger partial charge in [-0.2, -0.15) is 0 Å². The fourth-order valence-corrected chi connectivity index (χ4v) is 2.14. The molecule has 1 unspecified atom stereocenters. The minimum atomic E-state index is -0.772. The van der Waals surface area contributed by atoms with Crippen LogP contribution in [0.15, 0.2) is 23.3 Å². The van der Waals surface area contributed by atoms with Gasteiger partial charge in [-0.3, -0.25) is 4.79 Å². The SMILES string of the molecule is CC1=CCC(/C(=C\CO)CCC(=O)O)CC1. The van der Waals surface area contributed by atoms with E-state index in [2.05, 4.69) is 13.0 Å². The van der Waals surface area contributed by atoms with E-state index in [9.17, 15) is 4.79 Å². The lowest BCUT2D eigenvalue weighted by Crippen LogP contribution is -2.10. The first-order chi connectivity index (χ1) is 7.63. The predicted molar refractivity (Wildman–Crippen MR) is 63.1 cm³/mol. The van der Waals surface area contributed by atoms with Crippen LogP contribution in [0.3, 0.4) is 0 Å². The summed E-state index contributed by atoms with van der Waals surface area (Å²) in [6, 6.07) is 0. The van der Waals surface area contributed by atoms with Gasteiger partial charge in [-0.1, -0.05) is 23.3 Å². The molecule has 2 N–H and O–H groups in total. The number of aliphatic hydroxyl groups is 1. The molecule has 0 radical (unpaired) electrons. The number of carbonyl (C=O) groups is 1. The third-order valence-corrected chi connectivity index (χ3v) is 3.14. The van der Waals surface area contributed by atoms with Crippen LogP contribution in [-0.2, 0) is 4.79 Å². The lowest BCUT2D eigenvalue weighted by Gasteiger charge is -2.23. The van der Waals surface area contributed by atoms with E-state index < -0.39 is 5.97 Å². The fourth-order valence-electron chi connectivity index (χ4n) is 2.14. The van der Waals surface area contributed by atoms with Crippen molar-refractivity contribution in [2.45, 2.75) is 39.0 Å². The topological polar surface area (TPSA) is 57.5 Å². The molecule has 16 heavy (non-hydrogen) atoms. The molecular weight excluding hydrogens is 204 g/mol. The summed E-state index contributed by atoms with van der Waals surface area (Å²) in [7, 11) is 0. The zero-order chi connectivity index (χ0) is 12.0. The van der Waals surface area contributed by atoms with E-state index in [-0.39, 0.29) is 13.0 Å². The van der Waals surface area contributed by atoms with Crippen molar-refractivity contribution >= 4 is 5.97 Å². The monoisotopic (exact) mass is 224 g/mol. The molecular formula is C13H20O3. The standard InChI is InChI=1S/C13H20O3/c1-10-2-4-11(5-3-10)12(8-9-14)6-7-13(15)16/h2,8,11,14H,3-7,9H2,1H3,(H,15,16)/b12-8-. The Bertz CT molecular complexity index is 302. The molecule has 90 valence electrons. The molecule has 1 atom stereocenters. The summed E-state index contributed by atoms with van der Waals surface area (Å²) in [4.78, 5) is 10.5. The number of aliphatic carboxylic acids is 1. The minimum Gasteiger partial charge on any atom is -0.481 e. The van der Waals surface area contributed by atoms with Crippen molar-refractivity contribution in [3.8, 4) is 0 Å². The van der Waals surface area contributed by atoms with E-state index >= 15 is 0 Å². The van der Waals surface area contributed by atoms with Gasteiger partial charge in [0.15, 0.2) is 0 Å². The molecule has 0 aromatic rings. The summed E-state index contributed by atoms with van der Waals surface area (Å²) in [5.74, 6) is -0.346. The van der Waals surface area contributed by atoms with E-state index in [0.29, 0.717) is 12.3 Å². The Balaban J connectivity index is 2.57. The molecule has 1 rings (SSSR count). The van der Waals surface area contributed by atoms with Crippen LogP contribution in [-0.4, -0.2) is 22.8 Å². The van der Waals surface area contributed by atoms with Crippen LogP contribution in [0, 0.1) is 5.92 Å². The highest BCUT2D eigenvalue weighted by Gasteiger charge is 2.17. The lowest BCUT2D eigenvalue weighted by atomic mass is 9.83. The molecule has 0 saturated heterocycles. The maximum Gasteiger partial charge on any atom is 0.303 e. The Kier molecular flexibility index (Phi) is 5.26. The van der Waals surface area contributed by atoms with E-state index in [1.54, 1.807) is 6.08 Å². The van der Waals surface area contributed by atoms with Crippen molar-refractivity contribution < 1.29 is 15.0 Å². The third-order valence-electron chi connectivity index (χ3n) is 3.14. The average molecular weight is 224 g/mol. The molecule has 0 spiro atoms. The Hall–Kier alpha value is -1.09. The molecule has 0 aliphatic heterocycles. The van der Waals surface area contributed by atoms with Gasteiger partial charge in [0.25, 0.3) is 0 Å². The number of carboxylic acid groups (broad SMARTS) is 1. The van der Waals surface area contributed by atoms with Gasteiger partial charge in [0.05, 0.1) is 6.61 Å². The van der Waals surface area contributed by atoms with Crippen molar-refractivity contribution in [2.75, 3.05) is 6.61 Å². The molecule has 3 heteroatoms. The quantitative estimate of drug-likeness (QED) is 0.705. The van der Waals surface area contributed by atoms with Gasteiger partial charge in [0.2, 0.25) is 0 Å². The molecule has 0 saturated carbocycles. The van der Waals surface area contributed by atoms with Crippen molar-refractivity contribution in [2.24, 2.45) is 5.92 Å². The van der Waals surface area contributed by atoms with E-state index in [1.165, 1.54) is 5.57 Å². The molecule has 0 aromatic heterocycles. The van der Waals surface area contributed by atoms with Gasteiger partial charge in [0, 0.05) is 6.42 Å². The lowest BCUT2D eigenvalue weighted by molar-refractivity contribution is -0.137. The summed E-state index contributed by atoms with van der Waals surface area (Å²) in [6.07, 6.45) is 7.87. The Morgan fingerprint density at radius 2 is 2.31 bits per heavy atom. The van der Waals surface area contributed by atoms with Crippen molar-refractivity contribution in [3.05, 3.63) is 23.3 Å². The molecule has 1 aliphatic rings. The first-order valence-corrected chi connectivity index (χ1v) is 5.80. The third kappa shape index (κ3) is 4.19. The van der Waals surface area contributed by atoms with Crippen LogP contribution in [0.1, 0.15) is 39.0 Å². The maximum atomic E-state index is 10.5. The van der Waals surface area contributed by atoms with Gasteiger partial charge in [-0.25, -0.2) is 0 Å². The van der Waals surface area contributed by atoms with Crippen LogP contribution < -0.4 is 0 Å². The zero-order valence-electron chi connectivity index (χ0n) is 9.78. The maximum absolute atomic E-state index is 10.5. The molecule has 1 aliphatic carbocycles. The number of rotatable bonds is 5. The van der Waals surface area contributed by atoms with Gasteiger partial charge < -0.3 is 10.2 Å². The molecule has 0 heterocycles. The van der Waals surface area contributed by atoms with Gasteiger partial charge in [0.1, 0.15) is 0 Å². The van der Waals surface area contributed by atoms with Crippen LogP contribution in [0.25, 0.3) is 0 Å². The molecule has 0 aromatic carbocycles. The number of hydrogen-bond acceptors (Lipinski definition) is 2. The smallest absolute Gasteiger partial charge is 0.303 e. The minimum absolute atomic E-state index is 0.00808. The zero-order valence-corrected chi connectivity index (χ0v) is 9.78. The Labute approximate surface area is 96.5 Å². The molecule has 0 bridgehead atoms. The number of aliphatic hydroxyl groups excluding tert-OH is 1. The molecule has 0 fully saturated rings. The van der Waals surface area contributed by atoms with Crippen LogP contribution in [0.5, 0.6) is 0 Å². The van der Waals surface area contributed by atoms with Crippen LogP contribution in [0.4, 0.5) is 0 Å². The normalized spacial score (nSPS) is 21.8. The summed E-state index contributed by atoms with van der Waals surface area (Å²) in [6.45, 7) is 2.14. The summed E-state index contributed by atoms with van der Waals surface area (Å²) in [5.41, 5.74) is 2.52. The number of allylic oxidation sites excluding steroid dienone is 3. The molecule has 3 nitrogen and oxygen atoms in total. The van der Waals surface area contributed by atoms with Crippen LogP contribution in [0.2, 0.25) is 0 Å². The highest BCUT2D eigenvalue weighted by molar-refractivity contribution is 5.67. The average Bonchev–Trinajstić information content (AvgIpc) is 2.25. The number of carboxylic acids is 1. The van der Waals surface area contributed by atoms with Gasteiger partial charge in [-0.15, -0.1) is 0 Å². The second-order valence-corrected chi connectivity index (χ2v) is 4.38. The van der Waals surface area contributed by atoms with E-state index in [1.807, 2.05) is 0 Å². The second kappa shape index (κ2) is 6.48. The van der Waals surface area contributed by atoms with Gasteiger partial charge >= 0.3 is 5.97 Å². The second-order valence-electron chi connectivity index (χ2n) is 4.38. The first kappa shape index (κ1) is 13.0. The molecule has 0 amide bonds. The summed E-state index contributed by atoms with van der Waals surface area (Å²) in [5, 5.41) is 17.6. The van der Waals surface area contributed by atoms with E-state index in [4.69, 9.17) is 10.2 Å². The van der Waals surface area contributed by atoms with Crippen molar-refractivity contribution in [3.63, 3.8) is 0 Å². The summed E-state index contributed by atoms with van der Waals surface area (Å²) < 4.78 is 0. The summed E-state index contributed by atoms with van der Waals surface area (Å²) >= 11 is 0. The van der Waals surface area contributed by atoms with E-state index in [0.717, 1.165) is 24.8 Å². The van der Waals surface area contributed by atoms with Crippen molar-refractivity contribution in [1.29, 1.82) is 0 Å². The van der Waals surface area contributed by atoms with Crippen molar-refractivity contribution in [1.82, 2.24) is 0 Å². The fraction of sp³-hybridized carbons (Fsp3) is 0.615. The first-order valence-electron chi connectivity index (χ1n) is 5.80. The number of hydrogen-bond donors (Lipinski definition) is 2. The Morgan fingerprint density at radius 1 is 1.56 bits per heavy atom. The van der Waals surface area contributed by atoms with Gasteiger partial charge in [-0.05, 0) is 38.5 Å². The largest absolute Gasteiger partial charge is 0.481 e. The van der Waals surface area contributed by atoms with Crippen LogP contribution >= 0.6 is 0 Å². The highest BCUT2D eigenvalue weighted by atomic mass is 16.4.